The van der Waals surface area contributed by atoms with E-state index in [9.17, 15) is 31.2 Å². The van der Waals surface area contributed by atoms with Crippen molar-refractivity contribution >= 4 is 32.5 Å². The van der Waals surface area contributed by atoms with Crippen molar-refractivity contribution in [1.82, 2.24) is 9.88 Å². The molecule has 1 heterocycles. The zero-order chi connectivity index (χ0) is 23.6. The molecule has 0 aliphatic heterocycles. The number of nitrogens with zero attached hydrogens (tertiary/aromatic N) is 1. The third kappa shape index (κ3) is 5.26. The number of rotatable bonds is 6. The van der Waals surface area contributed by atoms with Crippen LogP contribution in [0.1, 0.15) is 18.5 Å². The quantitative estimate of drug-likeness (QED) is 0.514. The van der Waals surface area contributed by atoms with Crippen molar-refractivity contribution in [2.24, 2.45) is 5.14 Å². The van der Waals surface area contributed by atoms with Gasteiger partial charge >= 0.3 is 6.03 Å². The Kier molecular flexibility index (Phi) is 6.55. The minimum atomic E-state index is -3.95. The Bertz CT molecular complexity index is 1330. The molecule has 170 valence electrons. The van der Waals surface area contributed by atoms with Gasteiger partial charge in [0.2, 0.25) is 10.0 Å². The molecule has 0 aliphatic rings. The van der Waals surface area contributed by atoms with Gasteiger partial charge in [-0.15, -0.1) is 0 Å². The van der Waals surface area contributed by atoms with Gasteiger partial charge in [0.05, 0.1) is 17.2 Å². The molecule has 0 saturated heterocycles. The number of primary sulfonamides is 1. The van der Waals surface area contributed by atoms with Crippen LogP contribution in [0.3, 0.4) is 0 Å². The van der Waals surface area contributed by atoms with Gasteiger partial charge in [0.1, 0.15) is 5.82 Å². The molecule has 0 saturated carbocycles. The molecule has 4 N–H and O–H groups in total. The molecule has 2 amide bonds. The number of anilines is 1. The summed E-state index contributed by atoms with van der Waals surface area (Å²) in [6, 6.07) is 4.79. The number of urea groups is 1. The van der Waals surface area contributed by atoms with Crippen LogP contribution >= 0.6 is 0 Å². The summed E-state index contributed by atoms with van der Waals surface area (Å²) < 4.78 is 63.7. The van der Waals surface area contributed by atoms with E-state index < -0.39 is 50.9 Å². The number of amides is 2. The number of halogens is 3. The van der Waals surface area contributed by atoms with E-state index in [1.807, 2.05) is 0 Å². The SMILES string of the molecule is C[C@H](c1c[nH]c(=O)c2cc(F)c(F)cc12)N(CCS(N)(=O)=O)C(=O)Nc1ccc(F)cc1. The fourth-order valence-electron chi connectivity index (χ4n) is 3.21. The fourth-order valence-corrected chi connectivity index (χ4v) is 3.66. The number of aromatic amines is 1. The lowest BCUT2D eigenvalue weighted by molar-refractivity contribution is 0.197. The van der Waals surface area contributed by atoms with Gasteiger partial charge in [-0.3, -0.25) is 4.79 Å². The number of nitrogens with one attached hydrogen (secondary N) is 2. The van der Waals surface area contributed by atoms with Crippen LogP contribution in [0.2, 0.25) is 0 Å². The zero-order valence-corrected chi connectivity index (χ0v) is 17.5. The maximum atomic E-state index is 13.9. The number of sulfonamides is 1. The standard InChI is InChI=1S/C20H19F3N4O4S/c1-11(16-10-25-19(28)15-9-18(23)17(22)8-14(15)16)27(6-7-32(24,30)31)20(29)26-13-4-2-12(21)3-5-13/h2-5,8-11H,6-7H2,1H3,(H,25,28)(H,26,29)(H2,24,30,31)/t11-/m1/s1. The van der Waals surface area contributed by atoms with Gasteiger partial charge in [-0.1, -0.05) is 0 Å². The van der Waals surface area contributed by atoms with Crippen molar-refractivity contribution in [2.45, 2.75) is 13.0 Å². The molecule has 0 radical (unpaired) electrons. The van der Waals surface area contributed by atoms with Gasteiger partial charge in [-0.2, -0.15) is 0 Å². The lowest BCUT2D eigenvalue weighted by atomic mass is 10.0. The van der Waals surface area contributed by atoms with Crippen LogP contribution in [0.15, 0.2) is 47.4 Å². The number of carbonyl (C=O) groups is 1. The lowest BCUT2D eigenvalue weighted by Crippen LogP contribution is -2.41. The molecule has 0 aliphatic carbocycles. The summed E-state index contributed by atoms with van der Waals surface area (Å²) in [5.74, 6) is -3.51. The molecular weight excluding hydrogens is 449 g/mol. The number of hydrogen-bond acceptors (Lipinski definition) is 4. The number of hydrogen-bond donors (Lipinski definition) is 3. The normalized spacial score (nSPS) is 12.5. The van der Waals surface area contributed by atoms with E-state index in [4.69, 9.17) is 5.14 Å². The molecule has 1 aromatic heterocycles. The Labute approximate surface area is 180 Å². The number of benzene rings is 2. The highest BCUT2D eigenvalue weighted by atomic mass is 32.2. The molecule has 0 fully saturated rings. The summed E-state index contributed by atoms with van der Waals surface area (Å²) in [4.78, 5) is 28.5. The number of fused-ring (bicyclic) bond motifs is 1. The second-order valence-electron chi connectivity index (χ2n) is 7.06. The van der Waals surface area contributed by atoms with E-state index in [-0.39, 0.29) is 28.6 Å². The summed E-state index contributed by atoms with van der Waals surface area (Å²) >= 11 is 0. The van der Waals surface area contributed by atoms with Gasteiger partial charge in [0, 0.05) is 18.4 Å². The van der Waals surface area contributed by atoms with Crippen molar-refractivity contribution in [1.29, 1.82) is 0 Å². The second kappa shape index (κ2) is 9.01. The number of H-pyrrole nitrogens is 1. The number of pyridine rings is 1. The molecule has 12 heteroatoms. The van der Waals surface area contributed by atoms with Crippen molar-refractivity contribution in [3.63, 3.8) is 0 Å². The Morgan fingerprint density at radius 2 is 1.72 bits per heavy atom. The summed E-state index contributed by atoms with van der Waals surface area (Å²) in [5.41, 5.74) is -0.187. The minimum absolute atomic E-state index is 0.0512. The average molecular weight is 468 g/mol. The van der Waals surface area contributed by atoms with E-state index in [2.05, 4.69) is 10.3 Å². The van der Waals surface area contributed by atoms with Crippen LogP contribution in [0.25, 0.3) is 10.8 Å². The molecule has 0 spiro atoms. The van der Waals surface area contributed by atoms with Crippen LogP contribution in [-0.2, 0) is 10.0 Å². The predicted octanol–water partition coefficient (Wildman–Crippen LogP) is 2.83. The zero-order valence-electron chi connectivity index (χ0n) is 16.7. The second-order valence-corrected chi connectivity index (χ2v) is 8.79. The average Bonchev–Trinajstić information content (AvgIpc) is 2.70. The first-order chi connectivity index (χ1) is 15.0. The summed E-state index contributed by atoms with van der Waals surface area (Å²) in [5, 5.41) is 7.50. The van der Waals surface area contributed by atoms with E-state index in [1.54, 1.807) is 0 Å². The molecule has 8 nitrogen and oxygen atoms in total. The third-order valence-electron chi connectivity index (χ3n) is 4.87. The van der Waals surface area contributed by atoms with Crippen LogP contribution in [0.4, 0.5) is 23.7 Å². The van der Waals surface area contributed by atoms with Crippen LogP contribution in [0, 0.1) is 17.5 Å². The Morgan fingerprint density at radius 3 is 2.31 bits per heavy atom. The van der Waals surface area contributed by atoms with Crippen molar-refractivity contribution in [2.75, 3.05) is 17.6 Å². The first-order valence-electron chi connectivity index (χ1n) is 9.30. The largest absolute Gasteiger partial charge is 0.328 e. The number of nitrogens with two attached hydrogens (primary N) is 1. The van der Waals surface area contributed by atoms with Crippen LogP contribution in [0.5, 0.6) is 0 Å². The van der Waals surface area contributed by atoms with E-state index in [1.165, 1.54) is 25.3 Å². The van der Waals surface area contributed by atoms with E-state index >= 15 is 0 Å². The highest BCUT2D eigenvalue weighted by Gasteiger charge is 2.25. The molecule has 1 atom stereocenters. The first-order valence-corrected chi connectivity index (χ1v) is 11.0. The number of carbonyl (C=O) groups excluding carboxylic acids is 1. The molecule has 0 bridgehead atoms. The molecule has 3 rings (SSSR count). The lowest BCUT2D eigenvalue weighted by Gasteiger charge is -2.30. The Balaban J connectivity index is 2.03. The first kappa shape index (κ1) is 23.3. The maximum absolute atomic E-state index is 13.9. The number of aromatic nitrogens is 1. The summed E-state index contributed by atoms with van der Waals surface area (Å²) in [6.45, 7) is 1.17. The van der Waals surface area contributed by atoms with Crippen LogP contribution in [-0.4, -0.2) is 36.6 Å². The predicted molar refractivity (Wildman–Crippen MR) is 113 cm³/mol. The van der Waals surface area contributed by atoms with Crippen molar-refractivity contribution in [3.05, 3.63) is 76.0 Å². The van der Waals surface area contributed by atoms with Crippen LogP contribution < -0.4 is 16.0 Å². The Hall–Kier alpha value is -3.38. The van der Waals surface area contributed by atoms with E-state index in [0.29, 0.717) is 0 Å². The molecule has 2 aromatic carbocycles. The molecule has 3 aromatic rings. The molecule has 0 unspecified atom stereocenters. The summed E-state index contributed by atoms with van der Waals surface area (Å²) in [7, 11) is -3.95. The Morgan fingerprint density at radius 1 is 1.12 bits per heavy atom. The fraction of sp³-hybridized carbons (Fsp3) is 0.200. The van der Waals surface area contributed by atoms with Gasteiger partial charge in [0.15, 0.2) is 11.6 Å². The van der Waals surface area contributed by atoms with E-state index in [0.717, 1.165) is 29.2 Å². The maximum Gasteiger partial charge on any atom is 0.322 e. The van der Waals surface area contributed by atoms with Gasteiger partial charge in [-0.05, 0) is 54.3 Å². The van der Waals surface area contributed by atoms with Crippen molar-refractivity contribution < 1.29 is 26.4 Å². The van der Waals surface area contributed by atoms with Gasteiger partial charge < -0.3 is 15.2 Å². The smallest absolute Gasteiger partial charge is 0.322 e. The summed E-state index contributed by atoms with van der Waals surface area (Å²) in [6.07, 6.45) is 1.24. The van der Waals surface area contributed by atoms with Gasteiger partial charge in [0.25, 0.3) is 5.56 Å². The highest BCUT2D eigenvalue weighted by Crippen LogP contribution is 2.28. The molecular formula is C20H19F3N4O4S. The topological polar surface area (TPSA) is 125 Å². The molecule has 32 heavy (non-hydrogen) atoms. The van der Waals surface area contributed by atoms with Crippen molar-refractivity contribution in [3.8, 4) is 0 Å². The monoisotopic (exact) mass is 468 g/mol. The van der Waals surface area contributed by atoms with Gasteiger partial charge in [-0.25, -0.2) is 31.5 Å². The highest BCUT2D eigenvalue weighted by molar-refractivity contribution is 7.89. The third-order valence-corrected chi connectivity index (χ3v) is 5.62. The minimum Gasteiger partial charge on any atom is -0.328 e.